The average Bonchev–Trinajstić information content (AvgIpc) is 1.98. The lowest BCUT2D eigenvalue weighted by Gasteiger charge is -2.14. The Morgan fingerprint density at radius 2 is 2.33 bits per heavy atom. The summed E-state index contributed by atoms with van der Waals surface area (Å²) in [5, 5.41) is -1.17. The molecule has 6 heteroatoms. The maximum Gasteiger partial charge on any atom is 0.333 e. The van der Waals surface area contributed by atoms with E-state index < -0.39 is 22.4 Å². The third kappa shape index (κ3) is 4.22. The third-order valence-corrected chi connectivity index (χ3v) is 1.60. The molecule has 0 heterocycles. The van der Waals surface area contributed by atoms with Crippen LogP contribution in [0.5, 0.6) is 0 Å². The largest absolute Gasteiger partial charge is 0.771 e. The Kier molecular flexibility index (Phi) is 4.72. The standard InChI is InChI=1S/C6H11NO4S/c1-4(2)6(8)11-3-5(7)12(9)10/h5H,1,3,7H2,2H3,(H,9,10)/p-1. The van der Waals surface area contributed by atoms with Crippen molar-refractivity contribution in [3.05, 3.63) is 12.2 Å². The monoisotopic (exact) mass is 192 g/mol. The molecule has 0 saturated carbocycles. The number of rotatable bonds is 4. The van der Waals surface area contributed by atoms with E-state index in [-0.39, 0.29) is 12.2 Å². The second-order valence-electron chi connectivity index (χ2n) is 2.18. The zero-order valence-corrected chi connectivity index (χ0v) is 7.43. The first-order valence-corrected chi connectivity index (χ1v) is 4.25. The summed E-state index contributed by atoms with van der Waals surface area (Å²) in [6.45, 7) is 4.42. The van der Waals surface area contributed by atoms with E-state index in [0.29, 0.717) is 0 Å². The molecule has 0 amide bonds. The quantitative estimate of drug-likeness (QED) is 0.360. The van der Waals surface area contributed by atoms with Crippen LogP contribution in [0, 0.1) is 0 Å². The first-order valence-electron chi connectivity index (χ1n) is 3.11. The van der Waals surface area contributed by atoms with E-state index in [0.717, 1.165) is 0 Å². The summed E-state index contributed by atoms with van der Waals surface area (Å²) in [4.78, 5) is 10.7. The van der Waals surface area contributed by atoms with Crippen molar-refractivity contribution in [2.24, 2.45) is 5.73 Å². The zero-order valence-electron chi connectivity index (χ0n) is 6.61. The van der Waals surface area contributed by atoms with Crippen molar-refractivity contribution in [2.75, 3.05) is 6.61 Å². The molecule has 0 aromatic heterocycles. The molecule has 0 aliphatic heterocycles. The molecule has 12 heavy (non-hydrogen) atoms. The normalized spacial score (nSPS) is 14.9. The van der Waals surface area contributed by atoms with Gasteiger partial charge in [-0.2, -0.15) is 0 Å². The van der Waals surface area contributed by atoms with Crippen LogP contribution < -0.4 is 5.73 Å². The molecule has 2 N–H and O–H groups in total. The van der Waals surface area contributed by atoms with Crippen LogP contribution in [0.3, 0.4) is 0 Å². The number of ether oxygens (including phenoxy) is 1. The fourth-order valence-corrected chi connectivity index (χ4v) is 0.516. The van der Waals surface area contributed by atoms with Gasteiger partial charge in [-0.05, 0) is 18.0 Å². The van der Waals surface area contributed by atoms with Gasteiger partial charge in [-0.25, -0.2) is 4.79 Å². The van der Waals surface area contributed by atoms with Crippen LogP contribution >= 0.6 is 0 Å². The molecule has 0 rings (SSSR count). The minimum absolute atomic E-state index is 0.207. The Labute approximate surface area is 72.9 Å². The lowest BCUT2D eigenvalue weighted by Crippen LogP contribution is -2.32. The van der Waals surface area contributed by atoms with E-state index in [1.807, 2.05) is 0 Å². The molecule has 5 nitrogen and oxygen atoms in total. The van der Waals surface area contributed by atoms with Gasteiger partial charge in [-0.1, -0.05) is 6.58 Å². The molecule has 2 unspecified atom stereocenters. The van der Waals surface area contributed by atoms with E-state index in [1.165, 1.54) is 6.92 Å². The summed E-state index contributed by atoms with van der Waals surface area (Å²) in [5.74, 6) is -0.643. The SMILES string of the molecule is C=C(C)C(=O)OCC(N)S(=O)[O-]. The zero-order chi connectivity index (χ0) is 9.72. The van der Waals surface area contributed by atoms with Crippen molar-refractivity contribution in [3.63, 3.8) is 0 Å². The summed E-state index contributed by atoms with van der Waals surface area (Å²) in [6.07, 6.45) is 0. The fraction of sp³-hybridized carbons (Fsp3) is 0.500. The lowest BCUT2D eigenvalue weighted by atomic mass is 10.4. The summed E-state index contributed by atoms with van der Waals surface area (Å²) >= 11 is -2.42. The Balaban J connectivity index is 3.76. The number of nitrogens with two attached hydrogens (primary N) is 1. The number of hydrogen-bond acceptors (Lipinski definition) is 5. The van der Waals surface area contributed by atoms with E-state index in [9.17, 15) is 13.6 Å². The van der Waals surface area contributed by atoms with Crippen molar-refractivity contribution in [1.29, 1.82) is 0 Å². The van der Waals surface area contributed by atoms with Crippen molar-refractivity contribution in [3.8, 4) is 0 Å². The number of carbonyl (C=O) groups is 1. The first-order chi connectivity index (χ1) is 5.45. The molecular formula is C6H10NO4S-. The van der Waals surface area contributed by atoms with E-state index in [2.05, 4.69) is 11.3 Å². The molecule has 70 valence electrons. The lowest BCUT2D eigenvalue weighted by molar-refractivity contribution is -0.138. The van der Waals surface area contributed by atoms with Gasteiger partial charge in [0.25, 0.3) is 0 Å². The predicted molar refractivity (Wildman–Crippen MR) is 42.7 cm³/mol. The summed E-state index contributed by atoms with van der Waals surface area (Å²) in [7, 11) is 0. The molecular weight excluding hydrogens is 182 g/mol. The summed E-state index contributed by atoms with van der Waals surface area (Å²) < 4.78 is 24.8. The van der Waals surface area contributed by atoms with Crippen LogP contribution in [0.15, 0.2) is 12.2 Å². The Hall–Kier alpha value is -0.720. The molecule has 0 radical (unpaired) electrons. The molecule has 2 atom stereocenters. The van der Waals surface area contributed by atoms with Crippen molar-refractivity contribution in [2.45, 2.75) is 12.3 Å². The van der Waals surface area contributed by atoms with E-state index in [1.54, 1.807) is 0 Å². The number of hydrogen-bond donors (Lipinski definition) is 1. The molecule has 0 aromatic carbocycles. The van der Waals surface area contributed by atoms with Crippen LogP contribution in [-0.4, -0.2) is 26.7 Å². The highest BCUT2D eigenvalue weighted by Gasteiger charge is 2.07. The minimum Gasteiger partial charge on any atom is -0.771 e. The molecule has 0 bridgehead atoms. The van der Waals surface area contributed by atoms with Gasteiger partial charge in [-0.15, -0.1) is 0 Å². The van der Waals surface area contributed by atoms with Crippen LogP contribution in [-0.2, 0) is 20.6 Å². The summed E-state index contributed by atoms with van der Waals surface area (Å²) in [5.41, 5.74) is 5.25. The molecule has 0 aromatic rings. The molecule has 0 fully saturated rings. The van der Waals surface area contributed by atoms with E-state index in [4.69, 9.17) is 5.73 Å². The molecule has 0 spiro atoms. The maximum absolute atomic E-state index is 10.7. The smallest absolute Gasteiger partial charge is 0.333 e. The van der Waals surface area contributed by atoms with Gasteiger partial charge in [0.05, 0.1) is 0 Å². The van der Waals surface area contributed by atoms with E-state index >= 15 is 0 Å². The average molecular weight is 192 g/mol. The van der Waals surface area contributed by atoms with Gasteiger partial charge in [0.1, 0.15) is 12.0 Å². The highest BCUT2D eigenvalue weighted by Crippen LogP contribution is 1.94. The van der Waals surface area contributed by atoms with Crippen LogP contribution in [0.2, 0.25) is 0 Å². The minimum atomic E-state index is -2.42. The van der Waals surface area contributed by atoms with Crippen LogP contribution in [0.1, 0.15) is 6.92 Å². The van der Waals surface area contributed by atoms with Gasteiger partial charge in [0.15, 0.2) is 0 Å². The van der Waals surface area contributed by atoms with Crippen molar-refractivity contribution < 1.29 is 18.3 Å². The Bertz CT molecular complexity index is 216. The maximum atomic E-state index is 10.7. The van der Waals surface area contributed by atoms with Gasteiger partial charge in [-0.3, -0.25) is 4.21 Å². The van der Waals surface area contributed by atoms with Crippen LogP contribution in [0.4, 0.5) is 0 Å². The highest BCUT2D eigenvalue weighted by molar-refractivity contribution is 7.79. The number of esters is 1. The second kappa shape index (κ2) is 5.02. The topological polar surface area (TPSA) is 92.5 Å². The van der Waals surface area contributed by atoms with Crippen molar-refractivity contribution >= 4 is 17.0 Å². The van der Waals surface area contributed by atoms with Crippen molar-refractivity contribution in [1.82, 2.24) is 0 Å². The van der Waals surface area contributed by atoms with Gasteiger partial charge >= 0.3 is 5.97 Å². The molecule has 0 aliphatic carbocycles. The number of carbonyl (C=O) groups excluding carboxylic acids is 1. The third-order valence-electron chi connectivity index (χ3n) is 0.974. The second-order valence-corrected chi connectivity index (χ2v) is 3.30. The molecule has 0 aliphatic rings. The van der Waals surface area contributed by atoms with Gasteiger partial charge in [0, 0.05) is 5.57 Å². The molecule has 0 saturated heterocycles. The van der Waals surface area contributed by atoms with Gasteiger partial charge < -0.3 is 15.0 Å². The van der Waals surface area contributed by atoms with Gasteiger partial charge in [0.2, 0.25) is 0 Å². The Morgan fingerprint density at radius 1 is 1.83 bits per heavy atom. The predicted octanol–water partition coefficient (Wildman–Crippen LogP) is -0.730. The first kappa shape index (κ1) is 11.3. The fourth-order valence-electron chi connectivity index (χ4n) is 0.337. The van der Waals surface area contributed by atoms with Crippen LogP contribution in [0.25, 0.3) is 0 Å². The Morgan fingerprint density at radius 3 is 2.67 bits per heavy atom. The highest BCUT2D eigenvalue weighted by atomic mass is 32.2. The summed E-state index contributed by atoms with van der Waals surface area (Å²) in [6, 6.07) is 0.